The van der Waals surface area contributed by atoms with E-state index < -0.39 is 75.3 Å². The van der Waals surface area contributed by atoms with Gasteiger partial charge in [0.15, 0.2) is 29.8 Å². The first-order valence-corrected chi connectivity index (χ1v) is 18.4. The van der Waals surface area contributed by atoms with Gasteiger partial charge in [0.05, 0.1) is 24.7 Å². The van der Waals surface area contributed by atoms with E-state index in [1.807, 2.05) is 0 Å². The second-order valence-corrected chi connectivity index (χ2v) is 15.8. The minimum absolute atomic E-state index is 0.139. The minimum Gasteiger partial charge on any atom is -0.383 e. The van der Waals surface area contributed by atoms with Crippen LogP contribution in [0.3, 0.4) is 0 Å². The predicted octanol–water partition coefficient (Wildman–Crippen LogP) is 0.483. The number of aromatic nitrogens is 8. The first-order chi connectivity index (χ1) is 21.8. The standard InChI is InChI=1S/C21H26F2N10O9P2S2/c1-37-43(35,45)39-6-11-12(23)14(20(41-11)33-17-13(30-31-33)18(34)29-21(25)28-17)42-44(36,46)38-5-8-4-10(22)19(40-8)32-3-2-9-15(24)26-7-27-16(9)32/h2-3,7-8,10-12,14,19-20H,4-6H2,1H3,(H,35,45)(H,36,46)(H2,24,26,27)(H3,25,28,29,34)/t8-,10-,11+,12-,14+,19+,20+,43?,44?/m0/s1. The van der Waals surface area contributed by atoms with E-state index in [4.69, 9.17) is 62.6 Å². The van der Waals surface area contributed by atoms with Gasteiger partial charge in [-0.05, 0) is 29.7 Å². The lowest BCUT2D eigenvalue weighted by Gasteiger charge is -2.25. The summed E-state index contributed by atoms with van der Waals surface area (Å²) in [6.07, 6.45) is -7.72. The van der Waals surface area contributed by atoms with Crippen LogP contribution < -0.4 is 17.0 Å². The molecule has 2 saturated heterocycles. The Hall–Kier alpha value is -2.66. The zero-order valence-corrected chi connectivity index (χ0v) is 26.8. The number of halogens is 2. The molecule has 2 aliphatic heterocycles. The number of nitrogens with two attached hydrogens (primary N) is 2. The fourth-order valence-electron chi connectivity index (χ4n) is 5.00. The van der Waals surface area contributed by atoms with Crippen LogP contribution in [0.15, 0.2) is 23.4 Å². The number of H-pyrrole nitrogens is 1. The summed E-state index contributed by atoms with van der Waals surface area (Å²) >= 11 is 9.96. The zero-order valence-electron chi connectivity index (χ0n) is 23.4. The predicted molar refractivity (Wildman–Crippen MR) is 161 cm³/mol. The van der Waals surface area contributed by atoms with Gasteiger partial charge < -0.3 is 48.9 Å². The lowest BCUT2D eigenvalue weighted by Crippen LogP contribution is -2.32. The molecule has 9 atom stereocenters. The van der Waals surface area contributed by atoms with Gasteiger partial charge >= 0.3 is 13.4 Å². The van der Waals surface area contributed by atoms with Crippen molar-refractivity contribution in [1.82, 2.24) is 39.5 Å². The van der Waals surface area contributed by atoms with Gasteiger partial charge in [-0.1, -0.05) is 5.21 Å². The Bertz CT molecular complexity index is 1920. The van der Waals surface area contributed by atoms with Crippen LogP contribution >= 0.6 is 13.4 Å². The van der Waals surface area contributed by atoms with Gasteiger partial charge in [0.1, 0.15) is 36.2 Å². The van der Waals surface area contributed by atoms with Crippen LogP contribution in [0.2, 0.25) is 0 Å². The Morgan fingerprint density at radius 1 is 1.13 bits per heavy atom. The zero-order chi connectivity index (χ0) is 33.0. The maximum Gasteiger partial charge on any atom is 0.325 e. The van der Waals surface area contributed by atoms with E-state index in [1.54, 1.807) is 12.3 Å². The molecule has 0 spiro atoms. The molecular weight excluding hydrogens is 700 g/mol. The smallest absolute Gasteiger partial charge is 0.325 e. The molecule has 4 aromatic heterocycles. The van der Waals surface area contributed by atoms with Crippen LogP contribution in [0, 0.1) is 0 Å². The van der Waals surface area contributed by atoms with Crippen molar-refractivity contribution in [3.63, 3.8) is 0 Å². The van der Waals surface area contributed by atoms with Crippen molar-refractivity contribution in [2.45, 2.75) is 49.5 Å². The summed E-state index contributed by atoms with van der Waals surface area (Å²) in [5.74, 6) is -0.0795. The highest BCUT2D eigenvalue weighted by atomic mass is 32.5. The molecule has 0 aromatic carbocycles. The molecule has 2 unspecified atom stereocenters. The second-order valence-electron chi connectivity index (χ2n) is 10.1. The Labute approximate surface area is 266 Å². The summed E-state index contributed by atoms with van der Waals surface area (Å²) in [4.78, 5) is 47.5. The molecular formula is C21H26F2N10O9P2S2. The highest BCUT2D eigenvalue weighted by Gasteiger charge is 2.51. The Morgan fingerprint density at radius 3 is 2.65 bits per heavy atom. The van der Waals surface area contributed by atoms with E-state index in [0.29, 0.717) is 11.0 Å². The highest BCUT2D eigenvalue weighted by Crippen LogP contribution is 2.51. The molecule has 2 fully saturated rings. The van der Waals surface area contributed by atoms with Crippen LogP contribution in [0.1, 0.15) is 18.9 Å². The topological polar surface area (TPSA) is 255 Å². The fraction of sp³-hybridized carbons (Fsp3) is 0.524. The van der Waals surface area contributed by atoms with E-state index >= 15 is 8.78 Å². The number of hydrogen-bond acceptors (Lipinski definition) is 16. The first kappa shape index (κ1) is 33.2. The van der Waals surface area contributed by atoms with Crippen molar-refractivity contribution in [3.8, 4) is 0 Å². The van der Waals surface area contributed by atoms with Crippen molar-refractivity contribution in [1.29, 1.82) is 0 Å². The number of aromatic amines is 1. The molecule has 46 heavy (non-hydrogen) atoms. The van der Waals surface area contributed by atoms with Crippen molar-refractivity contribution < 1.29 is 46.1 Å². The number of nitrogen functional groups attached to an aromatic ring is 2. The maximum atomic E-state index is 15.9. The molecule has 7 N–H and O–H groups in total. The summed E-state index contributed by atoms with van der Waals surface area (Å²) in [6, 6.07) is 1.63. The number of anilines is 2. The number of alkyl halides is 2. The fourth-order valence-corrected chi connectivity index (χ4v) is 7.05. The molecule has 0 aliphatic carbocycles. The van der Waals surface area contributed by atoms with Gasteiger partial charge in [0.25, 0.3) is 5.56 Å². The second kappa shape index (κ2) is 12.7. The average Bonchev–Trinajstić information content (AvgIpc) is 3.77. The third-order valence-electron chi connectivity index (χ3n) is 7.11. The van der Waals surface area contributed by atoms with Crippen molar-refractivity contribution in [2.75, 3.05) is 31.8 Å². The van der Waals surface area contributed by atoms with E-state index in [0.717, 1.165) is 11.8 Å². The van der Waals surface area contributed by atoms with Crippen LogP contribution in [-0.4, -0.2) is 100 Å². The lowest BCUT2D eigenvalue weighted by atomic mass is 10.1. The summed E-state index contributed by atoms with van der Waals surface area (Å²) < 4.78 is 65.8. The number of fused-ring (bicyclic) bond motifs is 2. The van der Waals surface area contributed by atoms with Crippen LogP contribution in [0.25, 0.3) is 22.2 Å². The van der Waals surface area contributed by atoms with Gasteiger partial charge in [-0.15, -0.1) is 5.10 Å². The van der Waals surface area contributed by atoms with Gasteiger partial charge in [-0.25, -0.2) is 18.7 Å². The highest BCUT2D eigenvalue weighted by molar-refractivity contribution is 8.07. The number of nitrogens with zero attached hydrogens (tertiary/aromatic N) is 7. The third-order valence-corrected chi connectivity index (χ3v) is 10.4. The molecule has 0 bridgehead atoms. The molecule has 19 nitrogen and oxygen atoms in total. The first-order valence-electron chi connectivity index (χ1n) is 13.2. The number of hydrogen-bond donors (Lipinski definition) is 5. The van der Waals surface area contributed by atoms with Crippen LogP contribution in [-0.2, 0) is 51.2 Å². The molecule has 6 rings (SSSR count). The van der Waals surface area contributed by atoms with Crippen molar-refractivity contribution in [2.24, 2.45) is 0 Å². The molecule has 0 amide bonds. The SMILES string of the molecule is COP(O)(=S)OC[C@H]1O[C@@H](n2nnc3c(=O)[nH]c(N)nc32)[C@H](OP(O)(=S)OC[C@@H]2C[C@H](F)[C@H](n3ccc4c(N)ncnc43)O2)[C@H]1F. The van der Waals surface area contributed by atoms with E-state index in [1.165, 1.54) is 10.9 Å². The normalized spacial score (nSPS) is 29.4. The number of nitrogens with one attached hydrogen (secondary N) is 1. The Morgan fingerprint density at radius 2 is 1.89 bits per heavy atom. The summed E-state index contributed by atoms with van der Waals surface area (Å²) in [6.45, 7) is -9.08. The van der Waals surface area contributed by atoms with Gasteiger partial charge in [0.2, 0.25) is 5.95 Å². The van der Waals surface area contributed by atoms with Crippen molar-refractivity contribution in [3.05, 3.63) is 28.9 Å². The Balaban J connectivity index is 1.19. The quantitative estimate of drug-likeness (QED) is 0.132. The maximum absolute atomic E-state index is 15.9. The summed E-state index contributed by atoms with van der Waals surface area (Å²) in [5, 5.41) is 8.09. The third kappa shape index (κ3) is 6.55. The van der Waals surface area contributed by atoms with E-state index in [-0.39, 0.29) is 29.4 Å². The molecule has 0 radical (unpaired) electrons. The molecule has 25 heteroatoms. The van der Waals surface area contributed by atoms with Gasteiger partial charge in [-0.2, -0.15) is 9.67 Å². The molecule has 2 aliphatic rings. The average molecular weight is 727 g/mol. The molecule has 0 saturated carbocycles. The van der Waals surface area contributed by atoms with E-state index in [2.05, 4.69) is 30.2 Å². The monoisotopic (exact) mass is 726 g/mol. The van der Waals surface area contributed by atoms with Crippen molar-refractivity contribution >= 4 is 71.0 Å². The number of ether oxygens (including phenoxy) is 2. The Kier molecular flexibility index (Phi) is 9.21. The minimum atomic E-state index is -4.32. The molecule has 250 valence electrons. The van der Waals surface area contributed by atoms with Crippen LogP contribution in [0.5, 0.6) is 0 Å². The molecule has 4 aromatic rings. The van der Waals surface area contributed by atoms with Gasteiger partial charge in [-0.3, -0.25) is 14.3 Å². The van der Waals surface area contributed by atoms with Crippen LogP contribution in [0.4, 0.5) is 20.5 Å². The summed E-state index contributed by atoms with van der Waals surface area (Å²) in [5.41, 5.74) is 10.7. The number of rotatable bonds is 11. The van der Waals surface area contributed by atoms with E-state index in [9.17, 15) is 14.6 Å². The summed E-state index contributed by atoms with van der Waals surface area (Å²) in [7, 11) is 1.11. The van der Waals surface area contributed by atoms with Gasteiger partial charge in [0, 0.05) is 19.7 Å². The largest absolute Gasteiger partial charge is 0.383 e. The lowest BCUT2D eigenvalue weighted by molar-refractivity contribution is -0.0556. The molecule has 6 heterocycles.